The Hall–Kier alpha value is -0.940. The van der Waals surface area contributed by atoms with E-state index in [0.29, 0.717) is 12.5 Å². The summed E-state index contributed by atoms with van der Waals surface area (Å²) >= 11 is 0. The van der Waals surface area contributed by atoms with Gasteiger partial charge in [0.15, 0.2) is 0 Å². The summed E-state index contributed by atoms with van der Waals surface area (Å²) in [5, 5.41) is 8.70. The molecule has 1 saturated heterocycles. The number of nitrogens with two attached hydrogens (primary N) is 1. The molecule has 0 amide bonds. The van der Waals surface area contributed by atoms with Crippen molar-refractivity contribution < 1.29 is 4.74 Å². The van der Waals surface area contributed by atoms with Crippen LogP contribution in [0.5, 0.6) is 0 Å². The summed E-state index contributed by atoms with van der Waals surface area (Å²) in [7, 11) is 0. The molecule has 0 radical (unpaired) electrons. The van der Waals surface area contributed by atoms with Crippen molar-refractivity contribution in [3.8, 4) is 0 Å². The molecule has 5 heteroatoms. The Labute approximate surface area is 115 Å². The third-order valence-electron chi connectivity index (χ3n) is 3.81. The SMILES string of the molecule is CCCCCn1nnc(CCN)c1C1CCOCC1. The first-order chi connectivity index (χ1) is 9.36. The van der Waals surface area contributed by atoms with Gasteiger partial charge in [-0.2, -0.15) is 0 Å². The summed E-state index contributed by atoms with van der Waals surface area (Å²) in [6, 6.07) is 0. The van der Waals surface area contributed by atoms with Crippen LogP contribution in [0.3, 0.4) is 0 Å². The second-order valence-corrected chi connectivity index (χ2v) is 5.28. The second kappa shape index (κ2) is 7.60. The molecule has 2 N–H and O–H groups in total. The average molecular weight is 266 g/mol. The Kier molecular flexibility index (Phi) is 5.79. The predicted molar refractivity (Wildman–Crippen MR) is 75.1 cm³/mol. The summed E-state index contributed by atoms with van der Waals surface area (Å²) in [5.41, 5.74) is 8.11. The van der Waals surface area contributed by atoms with E-state index >= 15 is 0 Å². The van der Waals surface area contributed by atoms with E-state index in [2.05, 4.69) is 21.9 Å². The minimum atomic E-state index is 0.548. The molecule has 0 atom stereocenters. The summed E-state index contributed by atoms with van der Waals surface area (Å²) in [6.45, 7) is 5.56. The van der Waals surface area contributed by atoms with Crippen LogP contribution in [-0.4, -0.2) is 34.8 Å². The van der Waals surface area contributed by atoms with Crippen molar-refractivity contribution in [3.05, 3.63) is 11.4 Å². The van der Waals surface area contributed by atoms with Gasteiger partial charge in [0.2, 0.25) is 0 Å². The van der Waals surface area contributed by atoms with E-state index in [1.807, 2.05) is 0 Å². The Morgan fingerprint density at radius 1 is 1.32 bits per heavy atom. The number of unbranched alkanes of at least 4 members (excludes halogenated alkanes) is 2. The summed E-state index contributed by atoms with van der Waals surface area (Å²) < 4.78 is 7.58. The van der Waals surface area contributed by atoms with Crippen molar-refractivity contribution in [1.82, 2.24) is 15.0 Å². The molecule has 0 spiro atoms. The predicted octanol–water partition coefficient (Wildman–Crippen LogP) is 1.86. The highest BCUT2D eigenvalue weighted by Gasteiger charge is 2.24. The molecule has 1 fully saturated rings. The number of aromatic nitrogens is 3. The zero-order valence-electron chi connectivity index (χ0n) is 12.0. The lowest BCUT2D eigenvalue weighted by atomic mass is 9.94. The average Bonchev–Trinajstić information content (AvgIpc) is 2.84. The minimum absolute atomic E-state index is 0.548. The van der Waals surface area contributed by atoms with Crippen LogP contribution in [0.4, 0.5) is 0 Å². The van der Waals surface area contributed by atoms with Gasteiger partial charge in [0, 0.05) is 32.1 Å². The molecule has 0 aliphatic carbocycles. The molecule has 1 aromatic rings. The highest BCUT2D eigenvalue weighted by molar-refractivity contribution is 5.17. The number of nitrogens with zero attached hydrogens (tertiary/aromatic N) is 3. The number of hydrogen-bond donors (Lipinski definition) is 1. The third kappa shape index (κ3) is 3.76. The van der Waals surface area contributed by atoms with Crippen LogP contribution in [0.1, 0.15) is 56.3 Å². The van der Waals surface area contributed by atoms with Gasteiger partial charge < -0.3 is 10.5 Å². The smallest absolute Gasteiger partial charge is 0.0874 e. The van der Waals surface area contributed by atoms with Crippen LogP contribution in [0.15, 0.2) is 0 Å². The van der Waals surface area contributed by atoms with Gasteiger partial charge in [-0.3, -0.25) is 0 Å². The molecule has 0 unspecified atom stereocenters. The topological polar surface area (TPSA) is 66.0 Å². The molecule has 1 aromatic heterocycles. The zero-order chi connectivity index (χ0) is 13.5. The number of hydrogen-bond acceptors (Lipinski definition) is 4. The van der Waals surface area contributed by atoms with Crippen molar-refractivity contribution in [1.29, 1.82) is 0 Å². The fourth-order valence-corrected chi connectivity index (χ4v) is 2.77. The maximum absolute atomic E-state index is 5.69. The fraction of sp³-hybridized carbons (Fsp3) is 0.857. The molecule has 0 aromatic carbocycles. The van der Waals surface area contributed by atoms with Crippen molar-refractivity contribution in [3.63, 3.8) is 0 Å². The van der Waals surface area contributed by atoms with E-state index in [9.17, 15) is 0 Å². The maximum Gasteiger partial charge on any atom is 0.0874 e. The molecular weight excluding hydrogens is 240 g/mol. The van der Waals surface area contributed by atoms with Crippen molar-refractivity contribution in [2.45, 2.75) is 57.9 Å². The Bertz CT molecular complexity index is 372. The molecule has 2 rings (SSSR count). The summed E-state index contributed by atoms with van der Waals surface area (Å²) in [6.07, 6.45) is 6.66. The van der Waals surface area contributed by atoms with Gasteiger partial charge in [-0.15, -0.1) is 5.10 Å². The molecule has 5 nitrogen and oxygen atoms in total. The van der Waals surface area contributed by atoms with E-state index in [1.54, 1.807) is 0 Å². The highest BCUT2D eigenvalue weighted by Crippen LogP contribution is 2.29. The van der Waals surface area contributed by atoms with Crippen molar-refractivity contribution in [2.24, 2.45) is 5.73 Å². The largest absolute Gasteiger partial charge is 0.381 e. The zero-order valence-corrected chi connectivity index (χ0v) is 12.0. The monoisotopic (exact) mass is 266 g/mol. The van der Waals surface area contributed by atoms with Gasteiger partial charge in [-0.05, 0) is 25.8 Å². The lowest BCUT2D eigenvalue weighted by Gasteiger charge is -2.23. The quantitative estimate of drug-likeness (QED) is 0.765. The lowest BCUT2D eigenvalue weighted by Crippen LogP contribution is -2.20. The fourth-order valence-electron chi connectivity index (χ4n) is 2.77. The van der Waals surface area contributed by atoms with E-state index in [-0.39, 0.29) is 0 Å². The normalized spacial score (nSPS) is 16.9. The van der Waals surface area contributed by atoms with Gasteiger partial charge in [-0.25, -0.2) is 4.68 Å². The van der Waals surface area contributed by atoms with Gasteiger partial charge in [0.25, 0.3) is 0 Å². The van der Waals surface area contributed by atoms with E-state index < -0.39 is 0 Å². The standard InChI is InChI=1S/C14H26N4O/c1-2-3-4-9-18-14(12-6-10-19-11-7-12)13(5-8-15)16-17-18/h12H,2-11,15H2,1H3. The lowest BCUT2D eigenvalue weighted by molar-refractivity contribution is 0.0832. The van der Waals surface area contributed by atoms with Crippen LogP contribution in [0.25, 0.3) is 0 Å². The molecule has 0 saturated carbocycles. The Morgan fingerprint density at radius 3 is 2.79 bits per heavy atom. The van der Waals surface area contributed by atoms with Crippen molar-refractivity contribution in [2.75, 3.05) is 19.8 Å². The first-order valence-corrected chi connectivity index (χ1v) is 7.56. The van der Waals surface area contributed by atoms with Crippen LogP contribution >= 0.6 is 0 Å². The van der Waals surface area contributed by atoms with Crippen LogP contribution in [0, 0.1) is 0 Å². The van der Waals surface area contributed by atoms with E-state index in [0.717, 1.165) is 44.7 Å². The molecule has 1 aliphatic heterocycles. The maximum atomic E-state index is 5.69. The summed E-state index contributed by atoms with van der Waals surface area (Å²) in [4.78, 5) is 0. The highest BCUT2D eigenvalue weighted by atomic mass is 16.5. The van der Waals surface area contributed by atoms with Gasteiger partial charge in [-0.1, -0.05) is 25.0 Å². The Balaban J connectivity index is 2.12. The number of aryl methyl sites for hydroxylation is 1. The van der Waals surface area contributed by atoms with Gasteiger partial charge in [0.1, 0.15) is 0 Å². The number of rotatable bonds is 7. The van der Waals surface area contributed by atoms with Crippen LogP contribution in [0.2, 0.25) is 0 Å². The van der Waals surface area contributed by atoms with Crippen LogP contribution in [-0.2, 0) is 17.7 Å². The Morgan fingerprint density at radius 2 is 2.11 bits per heavy atom. The molecular formula is C14H26N4O. The van der Waals surface area contributed by atoms with Gasteiger partial charge >= 0.3 is 0 Å². The van der Waals surface area contributed by atoms with Gasteiger partial charge in [0.05, 0.1) is 11.4 Å². The van der Waals surface area contributed by atoms with E-state index in [1.165, 1.54) is 25.0 Å². The molecule has 19 heavy (non-hydrogen) atoms. The second-order valence-electron chi connectivity index (χ2n) is 5.28. The van der Waals surface area contributed by atoms with Crippen LogP contribution < -0.4 is 5.73 Å². The summed E-state index contributed by atoms with van der Waals surface area (Å²) in [5.74, 6) is 0.548. The molecule has 1 aliphatic rings. The third-order valence-corrected chi connectivity index (χ3v) is 3.81. The first kappa shape index (κ1) is 14.5. The van der Waals surface area contributed by atoms with E-state index in [4.69, 9.17) is 10.5 Å². The minimum Gasteiger partial charge on any atom is -0.381 e. The molecule has 0 bridgehead atoms. The molecule has 108 valence electrons. The van der Waals surface area contributed by atoms with Crippen molar-refractivity contribution >= 4 is 0 Å². The number of ether oxygens (including phenoxy) is 1. The molecule has 2 heterocycles. The first-order valence-electron chi connectivity index (χ1n) is 7.56.